The van der Waals surface area contributed by atoms with Crippen LogP contribution < -0.4 is 0 Å². The molecule has 0 aromatic rings. The molecule has 0 aliphatic carbocycles. The minimum atomic E-state index is -0.194. The fraction of sp³-hybridized carbons (Fsp3) is 0.909. The summed E-state index contributed by atoms with van der Waals surface area (Å²) in [7, 11) is 0. The maximum absolute atomic E-state index is 12.0. The Morgan fingerprint density at radius 1 is 1.38 bits per heavy atom. The monoisotopic (exact) mass is 183 g/mol. The van der Waals surface area contributed by atoms with Gasteiger partial charge in [-0.3, -0.25) is 4.79 Å². The average molecular weight is 183 g/mol. The fourth-order valence-corrected chi connectivity index (χ4v) is 1.52. The van der Waals surface area contributed by atoms with Crippen LogP contribution in [0, 0.1) is 17.3 Å². The first-order valence-electron chi connectivity index (χ1n) is 5.15. The third kappa shape index (κ3) is 1.87. The predicted molar refractivity (Wildman–Crippen MR) is 54.4 cm³/mol. The minimum Gasteiger partial charge on any atom is -0.342 e. The van der Waals surface area contributed by atoms with Crippen molar-refractivity contribution in [3.8, 4) is 0 Å². The summed E-state index contributed by atoms with van der Waals surface area (Å²) in [5.41, 5.74) is -0.194. The lowest BCUT2D eigenvalue weighted by Crippen LogP contribution is -2.54. The molecule has 1 amide bonds. The van der Waals surface area contributed by atoms with Crippen LogP contribution in [0.15, 0.2) is 0 Å². The smallest absolute Gasteiger partial charge is 0.228 e. The van der Waals surface area contributed by atoms with Crippen molar-refractivity contribution in [1.29, 1.82) is 0 Å². The summed E-state index contributed by atoms with van der Waals surface area (Å²) in [4.78, 5) is 13.9. The van der Waals surface area contributed by atoms with Crippen molar-refractivity contribution in [3.63, 3.8) is 0 Å². The molecule has 0 radical (unpaired) electrons. The van der Waals surface area contributed by atoms with E-state index in [-0.39, 0.29) is 5.41 Å². The van der Waals surface area contributed by atoms with Crippen molar-refractivity contribution in [2.75, 3.05) is 13.1 Å². The highest BCUT2D eigenvalue weighted by molar-refractivity contribution is 5.82. The van der Waals surface area contributed by atoms with E-state index in [4.69, 9.17) is 0 Å². The topological polar surface area (TPSA) is 20.3 Å². The number of amides is 1. The Bertz CT molecular complexity index is 202. The van der Waals surface area contributed by atoms with Crippen LogP contribution in [0.2, 0.25) is 0 Å². The second-order valence-corrected chi connectivity index (χ2v) is 5.19. The third-order valence-electron chi connectivity index (χ3n) is 3.35. The molecule has 0 N–H and O–H groups in total. The Morgan fingerprint density at radius 3 is 2.15 bits per heavy atom. The van der Waals surface area contributed by atoms with Gasteiger partial charge in [0.15, 0.2) is 0 Å². The molecule has 0 aromatic carbocycles. The van der Waals surface area contributed by atoms with Crippen LogP contribution in [0.5, 0.6) is 0 Å². The number of carbonyl (C=O) groups is 1. The predicted octanol–water partition coefficient (Wildman–Crippen LogP) is 2.15. The highest BCUT2D eigenvalue weighted by Crippen LogP contribution is 2.31. The number of hydrogen-bond donors (Lipinski definition) is 0. The van der Waals surface area contributed by atoms with E-state index in [9.17, 15) is 4.79 Å². The SMILES string of the molecule is CC1CN(C(=O)C(C)(C)C(C)C)C1. The number of nitrogens with zero attached hydrogens (tertiary/aromatic N) is 1. The molecule has 1 aliphatic rings. The van der Waals surface area contributed by atoms with E-state index < -0.39 is 0 Å². The molecule has 2 nitrogen and oxygen atoms in total. The van der Waals surface area contributed by atoms with E-state index >= 15 is 0 Å². The van der Waals surface area contributed by atoms with Crippen LogP contribution in [0.3, 0.4) is 0 Å². The summed E-state index contributed by atoms with van der Waals surface area (Å²) in [6, 6.07) is 0. The van der Waals surface area contributed by atoms with Crippen LogP contribution in [0.1, 0.15) is 34.6 Å². The van der Waals surface area contributed by atoms with E-state index in [0.717, 1.165) is 13.1 Å². The van der Waals surface area contributed by atoms with Gasteiger partial charge in [0.1, 0.15) is 0 Å². The Labute approximate surface area is 81.3 Å². The van der Waals surface area contributed by atoms with Crippen LogP contribution in [0.25, 0.3) is 0 Å². The van der Waals surface area contributed by atoms with Crippen LogP contribution in [-0.2, 0) is 4.79 Å². The van der Waals surface area contributed by atoms with Crippen molar-refractivity contribution in [2.24, 2.45) is 17.3 Å². The second kappa shape index (κ2) is 3.32. The Morgan fingerprint density at radius 2 is 1.85 bits per heavy atom. The molecule has 0 aromatic heterocycles. The van der Waals surface area contributed by atoms with E-state index in [1.165, 1.54) is 0 Å². The van der Waals surface area contributed by atoms with Gasteiger partial charge in [-0.15, -0.1) is 0 Å². The summed E-state index contributed by atoms with van der Waals surface area (Å²) < 4.78 is 0. The first-order valence-corrected chi connectivity index (χ1v) is 5.15. The van der Waals surface area contributed by atoms with Gasteiger partial charge in [-0.2, -0.15) is 0 Å². The van der Waals surface area contributed by atoms with Crippen LogP contribution >= 0.6 is 0 Å². The summed E-state index contributed by atoms with van der Waals surface area (Å²) in [6.45, 7) is 12.4. The molecule has 13 heavy (non-hydrogen) atoms. The van der Waals surface area contributed by atoms with Gasteiger partial charge in [-0.05, 0) is 11.8 Å². The van der Waals surface area contributed by atoms with Gasteiger partial charge < -0.3 is 4.90 Å². The first-order chi connectivity index (χ1) is 5.85. The second-order valence-electron chi connectivity index (χ2n) is 5.19. The van der Waals surface area contributed by atoms with Gasteiger partial charge in [0, 0.05) is 18.5 Å². The molecule has 1 rings (SSSR count). The summed E-state index contributed by atoms with van der Waals surface area (Å²) in [6.07, 6.45) is 0. The average Bonchev–Trinajstić information content (AvgIpc) is 1.97. The van der Waals surface area contributed by atoms with Gasteiger partial charge in [0.2, 0.25) is 5.91 Å². The molecule has 1 heterocycles. The van der Waals surface area contributed by atoms with Crippen molar-refractivity contribution >= 4 is 5.91 Å². The van der Waals surface area contributed by atoms with E-state index in [1.54, 1.807) is 0 Å². The lowest BCUT2D eigenvalue weighted by Gasteiger charge is -2.43. The molecule has 0 atom stereocenters. The lowest BCUT2D eigenvalue weighted by molar-refractivity contribution is -0.148. The zero-order valence-electron chi connectivity index (χ0n) is 9.42. The van der Waals surface area contributed by atoms with Crippen LogP contribution in [-0.4, -0.2) is 23.9 Å². The molecule has 0 bridgehead atoms. The third-order valence-corrected chi connectivity index (χ3v) is 3.35. The zero-order chi connectivity index (χ0) is 10.2. The highest BCUT2D eigenvalue weighted by atomic mass is 16.2. The fourth-order valence-electron chi connectivity index (χ4n) is 1.52. The van der Waals surface area contributed by atoms with Gasteiger partial charge in [-0.25, -0.2) is 0 Å². The molecule has 2 heteroatoms. The number of hydrogen-bond acceptors (Lipinski definition) is 1. The van der Waals surface area contributed by atoms with Crippen molar-refractivity contribution in [2.45, 2.75) is 34.6 Å². The van der Waals surface area contributed by atoms with Gasteiger partial charge >= 0.3 is 0 Å². The largest absolute Gasteiger partial charge is 0.342 e. The summed E-state index contributed by atoms with van der Waals surface area (Å²) in [5, 5.41) is 0. The van der Waals surface area contributed by atoms with Gasteiger partial charge in [0.05, 0.1) is 0 Å². The van der Waals surface area contributed by atoms with E-state index in [0.29, 0.717) is 17.7 Å². The number of rotatable bonds is 2. The molecule has 1 aliphatic heterocycles. The number of carbonyl (C=O) groups excluding carboxylic acids is 1. The number of likely N-dealkylation sites (tertiary alicyclic amines) is 1. The van der Waals surface area contributed by atoms with Crippen molar-refractivity contribution < 1.29 is 4.79 Å². The normalized spacial score (nSPS) is 19.1. The quantitative estimate of drug-likeness (QED) is 0.642. The maximum Gasteiger partial charge on any atom is 0.228 e. The zero-order valence-corrected chi connectivity index (χ0v) is 9.42. The maximum atomic E-state index is 12.0. The summed E-state index contributed by atoms with van der Waals surface area (Å²) >= 11 is 0. The lowest BCUT2D eigenvalue weighted by atomic mass is 9.78. The van der Waals surface area contributed by atoms with E-state index in [1.807, 2.05) is 18.7 Å². The van der Waals surface area contributed by atoms with Crippen LogP contribution in [0.4, 0.5) is 0 Å². The molecule has 1 saturated heterocycles. The van der Waals surface area contributed by atoms with Gasteiger partial charge in [-0.1, -0.05) is 34.6 Å². The Hall–Kier alpha value is -0.530. The molecule has 1 fully saturated rings. The first kappa shape index (κ1) is 10.6. The summed E-state index contributed by atoms with van der Waals surface area (Å²) in [5.74, 6) is 1.43. The molecule has 76 valence electrons. The van der Waals surface area contributed by atoms with Crippen molar-refractivity contribution in [3.05, 3.63) is 0 Å². The van der Waals surface area contributed by atoms with Crippen molar-refractivity contribution in [1.82, 2.24) is 4.90 Å². The van der Waals surface area contributed by atoms with E-state index in [2.05, 4.69) is 20.8 Å². The Kier molecular flexibility index (Phi) is 2.69. The molecular formula is C11H21NO. The standard InChI is InChI=1S/C11H21NO/c1-8(2)11(4,5)10(13)12-6-9(3)7-12/h8-9H,6-7H2,1-5H3. The molecule has 0 spiro atoms. The minimum absolute atomic E-state index is 0.194. The molecular weight excluding hydrogens is 162 g/mol. The molecule has 0 unspecified atom stereocenters. The molecule has 0 saturated carbocycles. The Balaban J connectivity index is 2.57. The highest BCUT2D eigenvalue weighted by Gasteiger charge is 2.38. The van der Waals surface area contributed by atoms with Gasteiger partial charge in [0.25, 0.3) is 0 Å².